The molecule has 1 aromatic heterocycles. The van der Waals surface area contributed by atoms with Crippen LogP contribution in [-0.2, 0) is 24.2 Å². The number of nitrogens with zero attached hydrogens (tertiary/aromatic N) is 4. The van der Waals surface area contributed by atoms with Crippen LogP contribution in [0.25, 0.3) is 0 Å². The first-order valence-electron chi connectivity index (χ1n) is 8.58. The van der Waals surface area contributed by atoms with Gasteiger partial charge in [-0.15, -0.1) is 0 Å². The first-order valence-corrected chi connectivity index (χ1v) is 8.58. The number of fused-ring (bicyclic) bond motifs is 3. The lowest BCUT2D eigenvalue weighted by atomic mass is 10.1. The van der Waals surface area contributed by atoms with Crippen LogP contribution in [0.2, 0.25) is 0 Å². The van der Waals surface area contributed by atoms with Gasteiger partial charge in [-0.2, -0.15) is 5.10 Å². The van der Waals surface area contributed by atoms with Gasteiger partial charge < -0.3 is 14.5 Å². The van der Waals surface area contributed by atoms with E-state index in [1.807, 2.05) is 32.5 Å². The molecule has 0 bridgehead atoms. The summed E-state index contributed by atoms with van der Waals surface area (Å²) in [5.41, 5.74) is 2.02. The third kappa shape index (κ3) is 3.25. The fourth-order valence-corrected chi connectivity index (χ4v) is 3.26. The SMILES string of the molecule is CN1CCCc2c(nn3c2CN(C(=O)OC(C)(C)C)CCC3)C1=O. The molecule has 2 amide bonds. The number of carbonyl (C=O) groups excluding carboxylic acids is 2. The van der Waals surface area contributed by atoms with Gasteiger partial charge in [-0.3, -0.25) is 9.48 Å². The van der Waals surface area contributed by atoms with Crippen molar-refractivity contribution < 1.29 is 14.3 Å². The number of rotatable bonds is 0. The Morgan fingerprint density at radius 1 is 1.17 bits per heavy atom. The fraction of sp³-hybridized carbons (Fsp3) is 0.706. The predicted molar refractivity (Wildman–Crippen MR) is 88.8 cm³/mol. The lowest BCUT2D eigenvalue weighted by molar-refractivity contribution is 0.0236. The van der Waals surface area contributed by atoms with Crippen LogP contribution < -0.4 is 0 Å². The van der Waals surface area contributed by atoms with Crippen molar-refractivity contribution in [2.24, 2.45) is 0 Å². The molecule has 7 heteroatoms. The lowest BCUT2D eigenvalue weighted by Gasteiger charge is -2.26. The number of aryl methyl sites for hydroxylation is 1. The summed E-state index contributed by atoms with van der Waals surface area (Å²) in [6.07, 6.45) is 2.24. The van der Waals surface area contributed by atoms with E-state index in [-0.39, 0.29) is 12.0 Å². The zero-order chi connectivity index (χ0) is 17.5. The second-order valence-electron chi connectivity index (χ2n) is 7.58. The van der Waals surface area contributed by atoms with Crippen LogP contribution in [0.15, 0.2) is 0 Å². The smallest absolute Gasteiger partial charge is 0.410 e. The van der Waals surface area contributed by atoms with Gasteiger partial charge in [-0.25, -0.2) is 4.79 Å². The summed E-state index contributed by atoms with van der Waals surface area (Å²) in [7, 11) is 1.81. The van der Waals surface area contributed by atoms with Crippen LogP contribution in [0, 0.1) is 0 Å². The van der Waals surface area contributed by atoms with E-state index in [0.29, 0.717) is 18.8 Å². The highest BCUT2D eigenvalue weighted by molar-refractivity contribution is 5.94. The Bertz CT molecular complexity index is 660. The molecule has 3 rings (SSSR count). The second-order valence-corrected chi connectivity index (χ2v) is 7.58. The molecular weight excluding hydrogens is 308 g/mol. The summed E-state index contributed by atoms with van der Waals surface area (Å²) in [6, 6.07) is 0. The van der Waals surface area contributed by atoms with Crippen molar-refractivity contribution in [3.8, 4) is 0 Å². The van der Waals surface area contributed by atoms with Gasteiger partial charge in [0.2, 0.25) is 0 Å². The number of hydrogen-bond donors (Lipinski definition) is 0. The van der Waals surface area contributed by atoms with Crippen LogP contribution in [0.4, 0.5) is 4.79 Å². The monoisotopic (exact) mass is 334 g/mol. The summed E-state index contributed by atoms with van der Waals surface area (Å²) in [6.45, 7) is 8.16. The zero-order valence-electron chi connectivity index (χ0n) is 15.0. The molecular formula is C17H26N4O3. The van der Waals surface area contributed by atoms with Crippen LogP contribution >= 0.6 is 0 Å². The largest absolute Gasteiger partial charge is 0.444 e. The molecule has 0 atom stereocenters. The van der Waals surface area contributed by atoms with E-state index in [9.17, 15) is 9.59 Å². The highest BCUT2D eigenvalue weighted by Crippen LogP contribution is 2.25. The summed E-state index contributed by atoms with van der Waals surface area (Å²) in [5.74, 6) is -0.0214. The van der Waals surface area contributed by atoms with Crippen LogP contribution in [0.3, 0.4) is 0 Å². The molecule has 1 aromatic rings. The number of amides is 2. The highest BCUT2D eigenvalue weighted by Gasteiger charge is 2.31. The van der Waals surface area contributed by atoms with Gasteiger partial charge in [-0.1, -0.05) is 0 Å². The van der Waals surface area contributed by atoms with Crippen molar-refractivity contribution in [3.05, 3.63) is 17.0 Å². The quantitative estimate of drug-likeness (QED) is 0.728. The molecule has 132 valence electrons. The second kappa shape index (κ2) is 6.11. The van der Waals surface area contributed by atoms with Crippen LogP contribution in [0.1, 0.15) is 55.4 Å². The molecule has 7 nitrogen and oxygen atoms in total. The average molecular weight is 334 g/mol. The normalized spacial score (nSPS) is 18.6. The molecule has 0 saturated carbocycles. The maximum Gasteiger partial charge on any atom is 0.410 e. The average Bonchev–Trinajstić information content (AvgIpc) is 2.61. The van der Waals surface area contributed by atoms with E-state index in [1.165, 1.54) is 0 Å². The fourth-order valence-electron chi connectivity index (χ4n) is 3.26. The molecule has 0 aromatic carbocycles. The van der Waals surface area contributed by atoms with Crippen LogP contribution in [0.5, 0.6) is 0 Å². The van der Waals surface area contributed by atoms with Gasteiger partial charge in [0.05, 0.1) is 12.2 Å². The Hall–Kier alpha value is -2.05. The van der Waals surface area contributed by atoms with Gasteiger partial charge >= 0.3 is 6.09 Å². The minimum Gasteiger partial charge on any atom is -0.444 e. The molecule has 0 unspecified atom stereocenters. The zero-order valence-corrected chi connectivity index (χ0v) is 15.0. The third-order valence-corrected chi connectivity index (χ3v) is 4.43. The van der Waals surface area contributed by atoms with Gasteiger partial charge in [0.25, 0.3) is 5.91 Å². The van der Waals surface area contributed by atoms with Crippen LogP contribution in [-0.4, -0.2) is 57.3 Å². The Balaban J connectivity index is 1.89. The number of ether oxygens (including phenoxy) is 1. The molecule has 3 heterocycles. The third-order valence-electron chi connectivity index (χ3n) is 4.43. The molecule has 0 aliphatic carbocycles. The highest BCUT2D eigenvalue weighted by atomic mass is 16.6. The van der Waals surface area contributed by atoms with Crippen molar-refractivity contribution in [2.75, 3.05) is 20.1 Å². The van der Waals surface area contributed by atoms with E-state index in [1.54, 1.807) is 9.80 Å². The summed E-state index contributed by atoms with van der Waals surface area (Å²) < 4.78 is 7.42. The molecule has 0 radical (unpaired) electrons. The number of aromatic nitrogens is 2. The van der Waals surface area contributed by atoms with Gasteiger partial charge in [-0.05, 0) is 40.0 Å². The Morgan fingerprint density at radius 2 is 1.92 bits per heavy atom. The lowest BCUT2D eigenvalue weighted by Crippen LogP contribution is -2.36. The van der Waals surface area contributed by atoms with Crippen molar-refractivity contribution in [1.29, 1.82) is 0 Å². The topological polar surface area (TPSA) is 67.7 Å². The summed E-state index contributed by atoms with van der Waals surface area (Å²) in [4.78, 5) is 28.4. The molecule has 2 aliphatic rings. The Labute approximate surface area is 142 Å². The molecule has 0 saturated heterocycles. The molecule has 0 fully saturated rings. The molecule has 24 heavy (non-hydrogen) atoms. The van der Waals surface area contributed by atoms with E-state index >= 15 is 0 Å². The number of hydrogen-bond acceptors (Lipinski definition) is 4. The first kappa shape index (κ1) is 16.8. The van der Waals surface area contributed by atoms with Crippen molar-refractivity contribution in [2.45, 2.75) is 58.7 Å². The standard InChI is InChI=1S/C17H26N4O3/c1-17(2,3)24-16(23)20-9-6-10-21-13(11-20)12-7-5-8-19(4)15(22)14(12)18-21/h5-11H2,1-4H3. The predicted octanol–water partition coefficient (Wildman–Crippen LogP) is 2.04. The summed E-state index contributed by atoms with van der Waals surface area (Å²) >= 11 is 0. The van der Waals surface area contributed by atoms with Crippen molar-refractivity contribution >= 4 is 12.0 Å². The van der Waals surface area contributed by atoms with Crippen molar-refractivity contribution in [3.63, 3.8) is 0 Å². The Kier molecular flexibility index (Phi) is 4.27. The van der Waals surface area contributed by atoms with E-state index in [2.05, 4.69) is 5.10 Å². The molecule has 2 aliphatic heterocycles. The molecule has 0 spiro atoms. The van der Waals surface area contributed by atoms with E-state index in [4.69, 9.17) is 4.74 Å². The van der Waals surface area contributed by atoms with E-state index < -0.39 is 5.60 Å². The minimum atomic E-state index is -0.515. The van der Waals surface area contributed by atoms with Gasteiger partial charge in [0, 0.05) is 32.2 Å². The van der Waals surface area contributed by atoms with E-state index in [0.717, 1.165) is 43.6 Å². The Morgan fingerprint density at radius 3 is 2.62 bits per heavy atom. The van der Waals surface area contributed by atoms with Gasteiger partial charge in [0.15, 0.2) is 5.69 Å². The van der Waals surface area contributed by atoms with Gasteiger partial charge in [0.1, 0.15) is 5.60 Å². The maximum absolute atomic E-state index is 12.5. The number of carbonyl (C=O) groups is 2. The maximum atomic E-state index is 12.5. The summed E-state index contributed by atoms with van der Waals surface area (Å²) in [5, 5.41) is 4.56. The van der Waals surface area contributed by atoms with Crippen molar-refractivity contribution in [1.82, 2.24) is 19.6 Å². The molecule has 0 N–H and O–H groups in total. The first-order chi connectivity index (χ1) is 11.3. The minimum absolute atomic E-state index is 0.0214.